The van der Waals surface area contributed by atoms with Crippen LogP contribution in [0.3, 0.4) is 0 Å². The van der Waals surface area contributed by atoms with Crippen molar-refractivity contribution in [2.45, 2.75) is 33.9 Å². The van der Waals surface area contributed by atoms with Crippen LogP contribution in [0.2, 0.25) is 5.02 Å². The van der Waals surface area contributed by atoms with E-state index < -0.39 is 0 Å². The molecule has 25 heavy (non-hydrogen) atoms. The Hall–Kier alpha value is -2.20. The van der Waals surface area contributed by atoms with Gasteiger partial charge in [-0.15, -0.1) is 0 Å². The lowest BCUT2D eigenvalue weighted by Crippen LogP contribution is -2.11. The third kappa shape index (κ3) is 4.26. The van der Waals surface area contributed by atoms with Gasteiger partial charge < -0.3 is 14.0 Å². The van der Waals surface area contributed by atoms with Crippen LogP contribution in [-0.2, 0) is 13.2 Å². The van der Waals surface area contributed by atoms with Crippen molar-refractivity contribution in [1.82, 2.24) is 9.55 Å². The van der Waals surface area contributed by atoms with Crippen molar-refractivity contribution >= 4 is 22.6 Å². The van der Waals surface area contributed by atoms with Gasteiger partial charge in [-0.3, -0.25) is 0 Å². The number of halogens is 1. The quantitative estimate of drug-likeness (QED) is 0.573. The third-order valence-corrected chi connectivity index (χ3v) is 4.09. The number of imidazole rings is 1. The SMILES string of the molecule is CCOc1ccc2nc(COc3ccc(Cl)cc3)n(CC(C)C)c2c1. The zero-order valence-corrected chi connectivity index (χ0v) is 15.6. The smallest absolute Gasteiger partial charge is 0.148 e. The molecule has 0 aliphatic heterocycles. The molecule has 0 fully saturated rings. The predicted octanol–water partition coefficient (Wildman–Crippen LogP) is 5.32. The van der Waals surface area contributed by atoms with Crippen LogP contribution >= 0.6 is 11.6 Å². The minimum atomic E-state index is 0.410. The Bertz CT molecular complexity index is 841. The second-order valence-corrected chi connectivity index (χ2v) is 6.80. The Morgan fingerprint density at radius 3 is 2.44 bits per heavy atom. The van der Waals surface area contributed by atoms with E-state index in [1.807, 2.05) is 43.3 Å². The van der Waals surface area contributed by atoms with Gasteiger partial charge in [0.05, 0.1) is 17.6 Å². The van der Waals surface area contributed by atoms with Gasteiger partial charge in [-0.2, -0.15) is 0 Å². The van der Waals surface area contributed by atoms with E-state index >= 15 is 0 Å². The fourth-order valence-corrected chi connectivity index (χ4v) is 2.89. The molecule has 1 aromatic heterocycles. The third-order valence-electron chi connectivity index (χ3n) is 3.84. The van der Waals surface area contributed by atoms with Gasteiger partial charge >= 0.3 is 0 Å². The van der Waals surface area contributed by atoms with Gasteiger partial charge in [0, 0.05) is 17.6 Å². The monoisotopic (exact) mass is 358 g/mol. The summed E-state index contributed by atoms with van der Waals surface area (Å²) >= 11 is 5.92. The molecular formula is C20H23ClN2O2. The van der Waals surface area contributed by atoms with Gasteiger partial charge in [0.25, 0.3) is 0 Å². The van der Waals surface area contributed by atoms with Crippen LogP contribution in [0.15, 0.2) is 42.5 Å². The largest absolute Gasteiger partial charge is 0.494 e. The van der Waals surface area contributed by atoms with Crippen LogP contribution in [-0.4, -0.2) is 16.2 Å². The van der Waals surface area contributed by atoms with Gasteiger partial charge in [0.1, 0.15) is 23.9 Å². The number of fused-ring (bicyclic) bond motifs is 1. The summed E-state index contributed by atoms with van der Waals surface area (Å²) in [5.74, 6) is 3.06. The molecule has 5 heteroatoms. The molecule has 4 nitrogen and oxygen atoms in total. The molecule has 0 aliphatic rings. The Kier molecular flexibility index (Phi) is 5.49. The van der Waals surface area contributed by atoms with Gasteiger partial charge in [-0.1, -0.05) is 25.4 Å². The number of hydrogen-bond donors (Lipinski definition) is 0. The summed E-state index contributed by atoms with van der Waals surface area (Å²) in [4.78, 5) is 4.76. The molecule has 1 heterocycles. The average Bonchev–Trinajstić information content (AvgIpc) is 2.91. The number of nitrogens with zero attached hydrogens (tertiary/aromatic N) is 2. The summed E-state index contributed by atoms with van der Waals surface area (Å²) in [6.07, 6.45) is 0. The van der Waals surface area contributed by atoms with E-state index in [1.165, 1.54) is 0 Å². The number of ether oxygens (including phenoxy) is 2. The molecule has 132 valence electrons. The molecule has 0 radical (unpaired) electrons. The maximum absolute atomic E-state index is 5.92. The molecule has 0 bridgehead atoms. The number of hydrogen-bond acceptors (Lipinski definition) is 3. The highest BCUT2D eigenvalue weighted by atomic mass is 35.5. The minimum absolute atomic E-state index is 0.410. The highest BCUT2D eigenvalue weighted by Gasteiger charge is 2.13. The molecule has 0 saturated carbocycles. The fourth-order valence-electron chi connectivity index (χ4n) is 2.77. The average molecular weight is 359 g/mol. The van der Waals surface area contributed by atoms with Crippen LogP contribution in [0.1, 0.15) is 26.6 Å². The van der Waals surface area contributed by atoms with Crippen molar-refractivity contribution in [2.75, 3.05) is 6.61 Å². The van der Waals surface area contributed by atoms with Crippen LogP contribution in [0.4, 0.5) is 0 Å². The number of rotatable bonds is 7. The number of benzene rings is 2. The normalized spacial score (nSPS) is 11.2. The molecule has 0 N–H and O–H groups in total. The Labute approximate surface area is 153 Å². The molecule has 0 unspecified atom stereocenters. The maximum atomic E-state index is 5.92. The molecule has 0 saturated heterocycles. The van der Waals surface area contributed by atoms with Crippen molar-refractivity contribution in [2.24, 2.45) is 5.92 Å². The molecule has 0 spiro atoms. The molecule has 3 rings (SSSR count). The molecule has 0 aliphatic carbocycles. The molecular weight excluding hydrogens is 336 g/mol. The summed E-state index contributed by atoms with van der Waals surface area (Å²) in [6, 6.07) is 13.4. The van der Waals surface area contributed by atoms with Crippen molar-refractivity contribution in [1.29, 1.82) is 0 Å². The van der Waals surface area contributed by atoms with E-state index in [1.54, 1.807) is 0 Å². The van der Waals surface area contributed by atoms with Crippen molar-refractivity contribution < 1.29 is 9.47 Å². The standard InChI is InChI=1S/C20H23ClN2O2/c1-4-24-17-9-10-18-19(11-17)23(12-14(2)3)20(22-18)13-25-16-7-5-15(21)6-8-16/h5-11,14H,4,12-13H2,1-3H3. The summed E-state index contributed by atoms with van der Waals surface area (Å²) in [5, 5.41) is 0.697. The van der Waals surface area contributed by atoms with Gasteiger partial charge in [0.2, 0.25) is 0 Å². The van der Waals surface area contributed by atoms with Crippen molar-refractivity contribution in [3.63, 3.8) is 0 Å². The molecule has 2 aromatic carbocycles. The summed E-state index contributed by atoms with van der Waals surface area (Å²) in [7, 11) is 0. The lowest BCUT2D eigenvalue weighted by Gasteiger charge is -2.13. The van der Waals surface area contributed by atoms with E-state index in [0.29, 0.717) is 24.2 Å². The Morgan fingerprint density at radius 1 is 1.04 bits per heavy atom. The highest BCUT2D eigenvalue weighted by molar-refractivity contribution is 6.30. The topological polar surface area (TPSA) is 36.3 Å². The fraction of sp³-hybridized carbons (Fsp3) is 0.350. The van der Waals surface area contributed by atoms with Gasteiger partial charge in [-0.05, 0) is 49.2 Å². The number of aromatic nitrogens is 2. The summed E-state index contributed by atoms with van der Waals surface area (Å²) < 4.78 is 13.8. The first-order chi connectivity index (χ1) is 12.1. The van der Waals surface area contributed by atoms with E-state index in [4.69, 9.17) is 26.1 Å². The minimum Gasteiger partial charge on any atom is -0.494 e. The molecule has 0 atom stereocenters. The Morgan fingerprint density at radius 2 is 1.76 bits per heavy atom. The first-order valence-corrected chi connectivity index (χ1v) is 8.95. The highest BCUT2D eigenvalue weighted by Crippen LogP contribution is 2.24. The lowest BCUT2D eigenvalue weighted by atomic mass is 10.2. The molecule has 0 amide bonds. The predicted molar refractivity (Wildman–Crippen MR) is 102 cm³/mol. The first-order valence-electron chi connectivity index (χ1n) is 8.57. The van der Waals surface area contributed by atoms with Crippen LogP contribution in [0.25, 0.3) is 11.0 Å². The second-order valence-electron chi connectivity index (χ2n) is 6.36. The summed E-state index contributed by atoms with van der Waals surface area (Å²) in [5.41, 5.74) is 2.04. The lowest BCUT2D eigenvalue weighted by molar-refractivity contribution is 0.287. The van der Waals surface area contributed by atoms with Gasteiger partial charge in [-0.25, -0.2) is 4.98 Å². The summed E-state index contributed by atoms with van der Waals surface area (Å²) in [6.45, 7) is 8.32. The van der Waals surface area contributed by atoms with Crippen LogP contribution in [0.5, 0.6) is 11.5 Å². The Balaban J connectivity index is 1.90. The van der Waals surface area contributed by atoms with Crippen molar-refractivity contribution in [3.05, 3.63) is 53.3 Å². The van der Waals surface area contributed by atoms with E-state index in [2.05, 4.69) is 24.5 Å². The first kappa shape index (κ1) is 17.6. The molecule has 3 aromatic rings. The van der Waals surface area contributed by atoms with Crippen LogP contribution in [0, 0.1) is 5.92 Å². The van der Waals surface area contributed by atoms with Crippen molar-refractivity contribution in [3.8, 4) is 11.5 Å². The van der Waals surface area contributed by atoms with Gasteiger partial charge in [0.15, 0.2) is 0 Å². The zero-order valence-electron chi connectivity index (χ0n) is 14.8. The van der Waals surface area contributed by atoms with E-state index in [9.17, 15) is 0 Å². The second kappa shape index (κ2) is 7.79. The van der Waals surface area contributed by atoms with E-state index in [-0.39, 0.29) is 0 Å². The maximum Gasteiger partial charge on any atom is 0.148 e. The van der Waals surface area contributed by atoms with Crippen LogP contribution < -0.4 is 9.47 Å². The van der Waals surface area contributed by atoms with E-state index in [0.717, 1.165) is 34.9 Å². The zero-order chi connectivity index (χ0) is 17.8.